The summed E-state index contributed by atoms with van der Waals surface area (Å²) < 4.78 is 0. The van der Waals surface area contributed by atoms with Crippen molar-refractivity contribution in [2.24, 2.45) is 0 Å². The first-order valence-corrected chi connectivity index (χ1v) is 3.76. The molecule has 0 radical (unpaired) electrons. The molecule has 1 heterocycles. The lowest BCUT2D eigenvalue weighted by atomic mass is 10.5. The zero-order valence-electron chi connectivity index (χ0n) is 7.24. The SMILES string of the molecule is CNC(=O)CNc1ccc(N)nn1. The van der Waals surface area contributed by atoms with Crippen LogP contribution in [0.4, 0.5) is 11.6 Å². The van der Waals surface area contributed by atoms with Crippen LogP contribution in [0.15, 0.2) is 12.1 Å². The molecule has 0 saturated carbocycles. The Hall–Kier alpha value is -1.85. The minimum absolute atomic E-state index is 0.112. The van der Waals surface area contributed by atoms with Crippen LogP contribution in [0.25, 0.3) is 0 Å². The molecule has 13 heavy (non-hydrogen) atoms. The van der Waals surface area contributed by atoms with Crippen molar-refractivity contribution in [3.8, 4) is 0 Å². The van der Waals surface area contributed by atoms with Crippen molar-refractivity contribution in [2.45, 2.75) is 0 Å². The second kappa shape index (κ2) is 4.24. The molecule has 0 aliphatic carbocycles. The van der Waals surface area contributed by atoms with E-state index in [0.717, 1.165) is 0 Å². The monoisotopic (exact) mass is 181 g/mol. The van der Waals surface area contributed by atoms with Crippen LogP contribution in [0.1, 0.15) is 0 Å². The molecule has 4 N–H and O–H groups in total. The molecule has 0 unspecified atom stereocenters. The number of carbonyl (C=O) groups is 1. The Morgan fingerprint density at radius 1 is 1.54 bits per heavy atom. The first-order valence-electron chi connectivity index (χ1n) is 3.76. The maximum Gasteiger partial charge on any atom is 0.239 e. The minimum Gasteiger partial charge on any atom is -0.382 e. The van der Waals surface area contributed by atoms with Crippen LogP contribution >= 0.6 is 0 Å². The quantitative estimate of drug-likeness (QED) is 0.568. The number of hydrogen-bond acceptors (Lipinski definition) is 5. The number of likely N-dealkylation sites (N-methyl/N-ethyl adjacent to an activating group) is 1. The number of nitrogens with one attached hydrogen (secondary N) is 2. The highest BCUT2D eigenvalue weighted by molar-refractivity contribution is 5.79. The lowest BCUT2D eigenvalue weighted by Gasteiger charge is -2.02. The van der Waals surface area contributed by atoms with E-state index >= 15 is 0 Å². The van der Waals surface area contributed by atoms with Gasteiger partial charge in [-0.25, -0.2) is 0 Å². The van der Waals surface area contributed by atoms with Gasteiger partial charge in [-0.1, -0.05) is 0 Å². The van der Waals surface area contributed by atoms with Crippen molar-refractivity contribution in [3.05, 3.63) is 12.1 Å². The number of carbonyl (C=O) groups excluding carboxylic acids is 1. The van der Waals surface area contributed by atoms with Gasteiger partial charge in [0, 0.05) is 7.05 Å². The molecule has 1 aromatic rings. The summed E-state index contributed by atoms with van der Waals surface area (Å²) in [5.41, 5.74) is 5.33. The summed E-state index contributed by atoms with van der Waals surface area (Å²) >= 11 is 0. The predicted molar refractivity (Wildman–Crippen MR) is 49.0 cm³/mol. The Bertz CT molecular complexity index is 283. The second-order valence-corrected chi connectivity index (χ2v) is 2.37. The van der Waals surface area contributed by atoms with Gasteiger partial charge in [-0.05, 0) is 12.1 Å². The fraction of sp³-hybridized carbons (Fsp3) is 0.286. The number of nitrogens with two attached hydrogens (primary N) is 1. The summed E-state index contributed by atoms with van der Waals surface area (Å²) in [6.07, 6.45) is 0. The van der Waals surface area contributed by atoms with Crippen LogP contribution in [-0.4, -0.2) is 29.7 Å². The fourth-order valence-electron chi connectivity index (χ4n) is 0.696. The van der Waals surface area contributed by atoms with E-state index in [4.69, 9.17) is 5.73 Å². The third-order valence-electron chi connectivity index (χ3n) is 1.39. The van der Waals surface area contributed by atoms with Crippen LogP contribution < -0.4 is 16.4 Å². The number of amides is 1. The number of hydrogen-bond donors (Lipinski definition) is 3. The summed E-state index contributed by atoms with van der Waals surface area (Å²) in [5.74, 6) is 0.766. The van der Waals surface area contributed by atoms with Gasteiger partial charge in [-0.15, -0.1) is 10.2 Å². The van der Waals surface area contributed by atoms with Crippen molar-refractivity contribution in [2.75, 3.05) is 24.6 Å². The molecule has 0 saturated heterocycles. The first kappa shape index (κ1) is 9.24. The van der Waals surface area contributed by atoms with E-state index in [2.05, 4.69) is 20.8 Å². The van der Waals surface area contributed by atoms with Gasteiger partial charge in [-0.2, -0.15) is 0 Å². The molecule has 1 rings (SSSR count). The van der Waals surface area contributed by atoms with E-state index in [-0.39, 0.29) is 12.5 Å². The highest BCUT2D eigenvalue weighted by Gasteiger charge is 1.98. The third-order valence-corrected chi connectivity index (χ3v) is 1.39. The summed E-state index contributed by atoms with van der Waals surface area (Å²) in [7, 11) is 1.57. The smallest absolute Gasteiger partial charge is 0.239 e. The normalized spacial score (nSPS) is 9.31. The maximum absolute atomic E-state index is 10.8. The van der Waals surface area contributed by atoms with Gasteiger partial charge in [0.05, 0.1) is 6.54 Å². The molecule has 6 nitrogen and oxygen atoms in total. The number of nitrogen functional groups attached to an aromatic ring is 1. The van der Waals surface area contributed by atoms with Crippen molar-refractivity contribution in [1.82, 2.24) is 15.5 Å². The number of nitrogens with zero attached hydrogens (tertiary/aromatic N) is 2. The van der Waals surface area contributed by atoms with Crippen LogP contribution in [-0.2, 0) is 4.79 Å². The second-order valence-electron chi connectivity index (χ2n) is 2.37. The third kappa shape index (κ3) is 2.94. The molecule has 0 aliphatic rings. The van der Waals surface area contributed by atoms with Gasteiger partial charge >= 0.3 is 0 Å². The lowest BCUT2D eigenvalue weighted by Crippen LogP contribution is -2.26. The summed E-state index contributed by atoms with van der Waals surface area (Å²) in [5, 5.41) is 12.6. The van der Waals surface area contributed by atoms with Gasteiger partial charge in [-0.3, -0.25) is 4.79 Å². The average Bonchev–Trinajstić information content (AvgIpc) is 2.16. The average molecular weight is 181 g/mol. The molecule has 0 fully saturated rings. The van der Waals surface area contributed by atoms with Crippen molar-refractivity contribution < 1.29 is 4.79 Å². The number of rotatable bonds is 3. The van der Waals surface area contributed by atoms with Gasteiger partial charge in [0.1, 0.15) is 11.6 Å². The Balaban J connectivity index is 2.46. The van der Waals surface area contributed by atoms with Crippen LogP contribution in [0.3, 0.4) is 0 Å². The van der Waals surface area contributed by atoms with Crippen molar-refractivity contribution in [1.29, 1.82) is 0 Å². The summed E-state index contributed by atoms with van der Waals surface area (Å²) in [6, 6.07) is 3.27. The minimum atomic E-state index is -0.112. The molecule has 0 aliphatic heterocycles. The molecular formula is C7H11N5O. The van der Waals surface area contributed by atoms with E-state index in [1.807, 2.05) is 0 Å². The Kier molecular flexibility index (Phi) is 3.02. The number of anilines is 2. The molecule has 0 bridgehead atoms. The largest absolute Gasteiger partial charge is 0.382 e. The van der Waals surface area contributed by atoms with E-state index in [9.17, 15) is 4.79 Å². The Labute approximate surface area is 75.5 Å². The van der Waals surface area contributed by atoms with Gasteiger partial charge in [0.2, 0.25) is 5.91 Å². The number of aromatic nitrogens is 2. The molecule has 1 aromatic heterocycles. The van der Waals surface area contributed by atoms with Gasteiger partial charge in [0.15, 0.2) is 0 Å². The van der Waals surface area contributed by atoms with Crippen LogP contribution in [0.5, 0.6) is 0 Å². The molecular weight excluding hydrogens is 170 g/mol. The highest BCUT2D eigenvalue weighted by Crippen LogP contribution is 2.01. The summed E-state index contributed by atoms with van der Waals surface area (Å²) in [6.45, 7) is 0.176. The zero-order valence-corrected chi connectivity index (χ0v) is 7.24. The molecule has 6 heteroatoms. The maximum atomic E-state index is 10.8. The van der Waals surface area contributed by atoms with Crippen LogP contribution in [0, 0.1) is 0 Å². The van der Waals surface area contributed by atoms with Crippen molar-refractivity contribution >= 4 is 17.5 Å². The molecule has 70 valence electrons. The van der Waals surface area contributed by atoms with Crippen LogP contribution in [0.2, 0.25) is 0 Å². The van der Waals surface area contributed by atoms with Gasteiger partial charge in [0.25, 0.3) is 0 Å². The van der Waals surface area contributed by atoms with E-state index in [0.29, 0.717) is 11.6 Å². The molecule has 1 amide bonds. The Morgan fingerprint density at radius 3 is 2.85 bits per heavy atom. The highest BCUT2D eigenvalue weighted by atomic mass is 16.1. The molecule has 0 spiro atoms. The molecule has 0 aromatic carbocycles. The standard InChI is InChI=1S/C7H11N5O/c1-9-7(13)4-10-6-3-2-5(8)11-12-6/h2-3H,4H2,1H3,(H2,8,11)(H,9,13)(H,10,12). The Morgan fingerprint density at radius 2 is 2.31 bits per heavy atom. The van der Waals surface area contributed by atoms with Gasteiger partial charge < -0.3 is 16.4 Å². The fourth-order valence-corrected chi connectivity index (χ4v) is 0.696. The van der Waals surface area contributed by atoms with E-state index in [1.54, 1.807) is 19.2 Å². The topological polar surface area (TPSA) is 92.9 Å². The molecule has 0 atom stereocenters. The first-order chi connectivity index (χ1) is 6.22. The zero-order chi connectivity index (χ0) is 9.68. The summed E-state index contributed by atoms with van der Waals surface area (Å²) in [4.78, 5) is 10.8. The van der Waals surface area contributed by atoms with E-state index < -0.39 is 0 Å². The predicted octanol–water partition coefficient (Wildman–Crippen LogP) is -0.783. The lowest BCUT2D eigenvalue weighted by molar-refractivity contribution is -0.118. The van der Waals surface area contributed by atoms with E-state index in [1.165, 1.54) is 0 Å². The van der Waals surface area contributed by atoms with Crippen molar-refractivity contribution in [3.63, 3.8) is 0 Å².